The van der Waals surface area contributed by atoms with Crippen LogP contribution in [0, 0.1) is 30.5 Å². The first-order chi connectivity index (χ1) is 17.1. The lowest BCUT2D eigenvalue weighted by molar-refractivity contribution is -0.137. The largest absolute Gasteiger partial charge is 0.424 e. The number of hydrogen-bond donors (Lipinski definition) is 0. The maximum absolute atomic E-state index is 13.8. The molecule has 2 aromatic heterocycles. The standard InChI is InChI=1S/C24H25ClF4N6O/c1-14-6-22(31-13-30-14)34-11-15-2-3-16(12-34)20(15)10-21-32-23(35(33-21)5-4-24(27,28)29)36-19-8-17(25)7-18(26)9-19/h6-9,13,15-16,20H,2-5,10-12H2,1H3/t15-,16+,20?. The van der Waals surface area contributed by atoms with E-state index < -0.39 is 25.0 Å². The van der Waals surface area contributed by atoms with Crippen molar-refractivity contribution in [1.29, 1.82) is 0 Å². The maximum Gasteiger partial charge on any atom is 0.390 e. The molecule has 1 saturated heterocycles. The fraction of sp³-hybridized carbons (Fsp3) is 0.500. The van der Waals surface area contributed by atoms with Crippen molar-refractivity contribution >= 4 is 17.4 Å². The highest BCUT2D eigenvalue weighted by molar-refractivity contribution is 6.30. The van der Waals surface area contributed by atoms with Crippen LogP contribution in [0.25, 0.3) is 0 Å². The number of benzene rings is 1. The molecule has 0 spiro atoms. The number of anilines is 1. The highest BCUT2D eigenvalue weighted by atomic mass is 35.5. The minimum absolute atomic E-state index is 0.0423. The van der Waals surface area contributed by atoms with Gasteiger partial charge in [-0.25, -0.2) is 19.0 Å². The van der Waals surface area contributed by atoms with E-state index in [2.05, 4.69) is 25.0 Å². The van der Waals surface area contributed by atoms with Crippen LogP contribution in [0.1, 0.15) is 30.8 Å². The van der Waals surface area contributed by atoms with Crippen molar-refractivity contribution in [3.05, 3.63) is 53.0 Å². The van der Waals surface area contributed by atoms with E-state index >= 15 is 0 Å². The summed E-state index contributed by atoms with van der Waals surface area (Å²) in [7, 11) is 0. The first kappa shape index (κ1) is 24.7. The molecule has 3 atom stereocenters. The number of ether oxygens (including phenoxy) is 1. The van der Waals surface area contributed by atoms with Crippen molar-refractivity contribution in [3.8, 4) is 11.8 Å². The maximum atomic E-state index is 13.8. The van der Waals surface area contributed by atoms with Gasteiger partial charge in [0, 0.05) is 42.4 Å². The Morgan fingerprint density at radius 3 is 2.50 bits per heavy atom. The van der Waals surface area contributed by atoms with Gasteiger partial charge in [-0.2, -0.15) is 23.3 Å². The lowest BCUT2D eigenvalue weighted by Gasteiger charge is -2.38. The van der Waals surface area contributed by atoms with Crippen molar-refractivity contribution < 1.29 is 22.3 Å². The molecule has 3 heterocycles. The van der Waals surface area contributed by atoms with Gasteiger partial charge in [0.1, 0.15) is 23.7 Å². The van der Waals surface area contributed by atoms with Gasteiger partial charge in [-0.3, -0.25) is 0 Å². The number of rotatable bonds is 7. The minimum Gasteiger partial charge on any atom is -0.424 e. The monoisotopic (exact) mass is 524 g/mol. The highest BCUT2D eigenvalue weighted by Gasteiger charge is 2.43. The zero-order valence-electron chi connectivity index (χ0n) is 19.5. The molecule has 0 N–H and O–H groups in total. The van der Waals surface area contributed by atoms with Crippen molar-refractivity contribution in [1.82, 2.24) is 24.7 Å². The van der Waals surface area contributed by atoms with E-state index in [9.17, 15) is 17.6 Å². The molecule has 1 aliphatic heterocycles. The number of aryl methyl sites for hydroxylation is 2. The van der Waals surface area contributed by atoms with Crippen molar-refractivity contribution in [3.63, 3.8) is 0 Å². The zero-order valence-corrected chi connectivity index (χ0v) is 20.3. The first-order valence-corrected chi connectivity index (χ1v) is 12.2. The fourth-order valence-corrected chi connectivity index (χ4v) is 5.50. The SMILES string of the molecule is Cc1cc(N2C[C@H]3CC[C@@H](C2)C3Cc2nc(Oc3cc(F)cc(Cl)c3)n(CCC(F)(F)F)n2)ncn1. The number of piperidine rings is 1. The summed E-state index contributed by atoms with van der Waals surface area (Å²) in [5, 5.41) is 4.46. The lowest BCUT2D eigenvalue weighted by Crippen LogP contribution is -2.43. The summed E-state index contributed by atoms with van der Waals surface area (Å²) in [4.78, 5) is 15.3. The Labute approximate surface area is 210 Å². The molecule has 1 saturated carbocycles. The van der Waals surface area contributed by atoms with Crippen LogP contribution >= 0.6 is 11.6 Å². The van der Waals surface area contributed by atoms with Crippen molar-refractivity contribution in [2.24, 2.45) is 17.8 Å². The van der Waals surface area contributed by atoms with Gasteiger partial charge in [0.05, 0.1) is 13.0 Å². The van der Waals surface area contributed by atoms with E-state index in [1.165, 1.54) is 6.07 Å². The van der Waals surface area contributed by atoms with Crippen LogP contribution in [0.15, 0.2) is 30.6 Å². The Morgan fingerprint density at radius 2 is 1.83 bits per heavy atom. The molecule has 2 fully saturated rings. The molecule has 192 valence electrons. The number of hydrogen-bond acceptors (Lipinski definition) is 6. The van der Waals surface area contributed by atoms with Gasteiger partial charge >= 0.3 is 12.2 Å². The van der Waals surface area contributed by atoms with E-state index in [0.29, 0.717) is 30.0 Å². The third kappa shape index (κ3) is 5.71. The number of fused-ring (bicyclic) bond motifs is 2. The Balaban J connectivity index is 1.34. The molecule has 2 bridgehead atoms. The number of nitrogens with zero attached hydrogens (tertiary/aromatic N) is 6. The van der Waals surface area contributed by atoms with Crippen LogP contribution in [0.3, 0.4) is 0 Å². The van der Waals surface area contributed by atoms with Crippen LogP contribution in [0.5, 0.6) is 11.8 Å². The van der Waals surface area contributed by atoms with Gasteiger partial charge < -0.3 is 9.64 Å². The van der Waals surface area contributed by atoms with Gasteiger partial charge in [-0.05, 0) is 49.7 Å². The van der Waals surface area contributed by atoms with Gasteiger partial charge in [-0.1, -0.05) is 11.6 Å². The molecule has 3 aromatic rings. The van der Waals surface area contributed by atoms with Crippen LogP contribution < -0.4 is 9.64 Å². The molecule has 36 heavy (non-hydrogen) atoms. The quantitative estimate of drug-likeness (QED) is 0.374. The lowest BCUT2D eigenvalue weighted by atomic mass is 9.82. The normalized spacial score (nSPS) is 21.7. The number of alkyl halides is 3. The zero-order chi connectivity index (χ0) is 25.4. The first-order valence-electron chi connectivity index (χ1n) is 11.8. The summed E-state index contributed by atoms with van der Waals surface area (Å²) in [6, 6.07) is 5.44. The Morgan fingerprint density at radius 1 is 1.08 bits per heavy atom. The van der Waals surface area contributed by atoms with E-state index in [0.717, 1.165) is 54.3 Å². The second-order valence-corrected chi connectivity index (χ2v) is 9.93. The Bertz CT molecular complexity index is 1200. The molecule has 7 nitrogen and oxygen atoms in total. The average Bonchev–Trinajstić information content (AvgIpc) is 3.26. The predicted octanol–water partition coefficient (Wildman–Crippen LogP) is 5.62. The number of aromatic nitrogens is 5. The molecule has 1 aliphatic carbocycles. The van der Waals surface area contributed by atoms with Gasteiger partial charge in [0.2, 0.25) is 0 Å². The molecule has 1 aromatic carbocycles. The highest BCUT2D eigenvalue weighted by Crippen LogP contribution is 2.44. The average molecular weight is 525 g/mol. The van der Waals surface area contributed by atoms with Crippen LogP contribution in [0.2, 0.25) is 5.02 Å². The van der Waals surface area contributed by atoms with Gasteiger partial charge in [0.25, 0.3) is 0 Å². The van der Waals surface area contributed by atoms with Crippen LogP contribution in [0.4, 0.5) is 23.4 Å². The smallest absolute Gasteiger partial charge is 0.390 e. The molecule has 2 aliphatic rings. The third-order valence-corrected chi connectivity index (χ3v) is 7.11. The third-order valence-electron chi connectivity index (χ3n) is 6.89. The summed E-state index contributed by atoms with van der Waals surface area (Å²) in [5.74, 6) is 1.85. The topological polar surface area (TPSA) is 69.0 Å². The van der Waals surface area contributed by atoms with E-state index in [-0.39, 0.29) is 16.8 Å². The van der Waals surface area contributed by atoms with E-state index in [4.69, 9.17) is 16.3 Å². The Kier molecular flexibility index (Phi) is 6.76. The van der Waals surface area contributed by atoms with Crippen molar-refractivity contribution in [2.45, 2.75) is 45.3 Å². The molecule has 0 amide bonds. The number of halogens is 5. The van der Waals surface area contributed by atoms with E-state index in [1.807, 2.05) is 13.0 Å². The van der Waals surface area contributed by atoms with Crippen LogP contribution in [-0.4, -0.2) is 44.0 Å². The molecule has 12 heteroatoms. The fourth-order valence-electron chi connectivity index (χ4n) is 5.29. The van der Waals surface area contributed by atoms with E-state index in [1.54, 1.807) is 6.33 Å². The molecule has 1 unspecified atom stereocenters. The predicted molar refractivity (Wildman–Crippen MR) is 125 cm³/mol. The second-order valence-electron chi connectivity index (χ2n) is 9.49. The van der Waals surface area contributed by atoms with Crippen LogP contribution in [-0.2, 0) is 13.0 Å². The summed E-state index contributed by atoms with van der Waals surface area (Å²) in [6.07, 6.45) is -1.21. The summed E-state index contributed by atoms with van der Waals surface area (Å²) < 4.78 is 59.2. The molecule has 5 rings (SSSR count). The second kappa shape index (κ2) is 9.84. The van der Waals surface area contributed by atoms with Gasteiger partial charge in [0.15, 0.2) is 5.82 Å². The van der Waals surface area contributed by atoms with Crippen molar-refractivity contribution in [2.75, 3.05) is 18.0 Å². The molecular weight excluding hydrogens is 500 g/mol. The summed E-state index contributed by atoms with van der Waals surface area (Å²) >= 11 is 5.89. The summed E-state index contributed by atoms with van der Waals surface area (Å²) in [6.45, 7) is 3.17. The van der Waals surface area contributed by atoms with Gasteiger partial charge in [-0.15, -0.1) is 0 Å². The Hall–Kier alpha value is -2.95. The molecular formula is C24H25ClF4N6O. The summed E-state index contributed by atoms with van der Waals surface area (Å²) in [5.41, 5.74) is 0.912. The minimum atomic E-state index is -4.36. The molecule has 0 radical (unpaired) electrons.